The number of hydrogen-bond donors (Lipinski definition) is 0. The molecule has 0 aliphatic heterocycles. The van der Waals surface area contributed by atoms with Gasteiger partial charge in [-0.25, -0.2) is 4.79 Å². The highest BCUT2D eigenvalue weighted by molar-refractivity contribution is 5.91. The van der Waals surface area contributed by atoms with Crippen LogP contribution in [-0.4, -0.2) is 30.3 Å². The fourth-order valence-corrected chi connectivity index (χ4v) is 4.16. The Labute approximate surface area is 203 Å². The van der Waals surface area contributed by atoms with E-state index in [0.29, 0.717) is 17.8 Å². The predicted octanol–water partition coefficient (Wildman–Crippen LogP) is 6.52. The van der Waals surface area contributed by atoms with Crippen LogP contribution < -0.4 is 14.4 Å². The summed E-state index contributed by atoms with van der Waals surface area (Å²) in [6.45, 7) is -0.501. The highest BCUT2D eigenvalue weighted by atomic mass is 19.3. The zero-order chi connectivity index (χ0) is 24.6. The second kappa shape index (κ2) is 11.6. The molecule has 0 atom stereocenters. The van der Waals surface area contributed by atoms with E-state index in [1.807, 2.05) is 23.1 Å². The highest BCUT2D eigenvalue weighted by Gasteiger charge is 2.22. The number of nitrogens with zero attached hydrogens (tertiary/aromatic N) is 2. The molecule has 1 heterocycles. The number of halogens is 2. The van der Waals surface area contributed by atoms with Gasteiger partial charge in [0.2, 0.25) is 0 Å². The van der Waals surface area contributed by atoms with E-state index in [1.54, 1.807) is 49.6 Å². The first-order valence-corrected chi connectivity index (χ1v) is 11.7. The molecule has 3 aromatic rings. The van der Waals surface area contributed by atoms with E-state index in [9.17, 15) is 13.6 Å². The minimum absolute atomic E-state index is 0.00254. The van der Waals surface area contributed by atoms with E-state index in [0.717, 1.165) is 36.9 Å². The largest absolute Gasteiger partial charge is 0.486 e. The zero-order valence-electron chi connectivity index (χ0n) is 19.5. The number of carbonyl (C=O) groups excluding carboxylic acids is 1. The van der Waals surface area contributed by atoms with Gasteiger partial charge in [-0.3, -0.25) is 4.98 Å². The number of rotatable bonds is 10. The van der Waals surface area contributed by atoms with Gasteiger partial charge in [0.05, 0.1) is 18.3 Å². The van der Waals surface area contributed by atoms with Gasteiger partial charge in [-0.15, -0.1) is 0 Å². The number of pyridine rings is 1. The average molecular weight is 483 g/mol. The number of alkyl halides is 2. The molecule has 35 heavy (non-hydrogen) atoms. The fourth-order valence-electron chi connectivity index (χ4n) is 4.16. The molecule has 0 radical (unpaired) electrons. The van der Waals surface area contributed by atoms with Gasteiger partial charge in [0.25, 0.3) is 0 Å². The van der Waals surface area contributed by atoms with Crippen molar-refractivity contribution in [3.8, 4) is 11.5 Å². The van der Waals surface area contributed by atoms with E-state index in [1.165, 1.54) is 6.07 Å². The molecule has 184 valence electrons. The Bertz CT molecular complexity index is 1120. The molecule has 1 saturated carbocycles. The Morgan fingerprint density at radius 1 is 1.06 bits per heavy atom. The maximum atomic E-state index is 13.1. The Kier molecular flexibility index (Phi) is 8.13. The molecule has 1 aliphatic rings. The van der Waals surface area contributed by atoms with Crippen LogP contribution in [0, 0.1) is 0 Å². The van der Waals surface area contributed by atoms with Crippen LogP contribution in [0.25, 0.3) is 0 Å². The summed E-state index contributed by atoms with van der Waals surface area (Å²) in [5.74, 6) is -0.147. The molecule has 0 amide bonds. The zero-order valence-corrected chi connectivity index (χ0v) is 19.5. The van der Waals surface area contributed by atoms with Gasteiger partial charge in [0, 0.05) is 36.4 Å². The lowest BCUT2D eigenvalue weighted by molar-refractivity contribution is -0.0520. The summed E-state index contributed by atoms with van der Waals surface area (Å²) in [5.41, 5.74) is 2.78. The van der Waals surface area contributed by atoms with Crippen LogP contribution in [0.5, 0.6) is 11.5 Å². The summed E-state index contributed by atoms with van der Waals surface area (Å²) in [6, 6.07) is 15.8. The molecule has 1 fully saturated rings. The summed E-state index contributed by atoms with van der Waals surface area (Å²) in [4.78, 5) is 18.5. The minimum Gasteiger partial charge on any atom is -0.486 e. The van der Waals surface area contributed by atoms with Crippen LogP contribution in [0.15, 0.2) is 67.0 Å². The van der Waals surface area contributed by atoms with Gasteiger partial charge in [0.15, 0.2) is 11.5 Å². The molecular weight excluding hydrogens is 454 g/mol. The second-order valence-electron chi connectivity index (χ2n) is 8.25. The maximum absolute atomic E-state index is 13.1. The minimum atomic E-state index is -2.96. The molecule has 2 aromatic carbocycles. The first kappa shape index (κ1) is 24.4. The van der Waals surface area contributed by atoms with Gasteiger partial charge in [-0.2, -0.15) is 8.78 Å². The normalized spacial score (nSPS) is 13.6. The first-order valence-electron chi connectivity index (χ1n) is 11.7. The van der Waals surface area contributed by atoms with Crippen molar-refractivity contribution < 1.29 is 27.8 Å². The predicted molar refractivity (Wildman–Crippen MR) is 128 cm³/mol. The summed E-state index contributed by atoms with van der Waals surface area (Å²) in [7, 11) is 0. The van der Waals surface area contributed by atoms with Gasteiger partial charge < -0.3 is 19.1 Å². The SMILES string of the molecule is CCOC(=O)c1cccc(N(Cc2cccnc2)c2ccc(OC(F)F)c(OC3CCCC3)c2)c1. The van der Waals surface area contributed by atoms with Crippen LogP contribution in [0.3, 0.4) is 0 Å². The first-order chi connectivity index (χ1) is 17.0. The molecule has 1 aromatic heterocycles. The average Bonchev–Trinajstić information content (AvgIpc) is 3.37. The standard InChI is InChI=1S/C27H28F2N2O4/c1-2-33-26(32)20-8-5-9-21(15-20)31(18-19-7-6-14-30-17-19)22-12-13-24(35-27(28)29)25(16-22)34-23-10-3-4-11-23/h5-9,12-17,23,27H,2-4,10-11,18H2,1H3. The van der Waals surface area contributed by atoms with Gasteiger partial charge in [-0.1, -0.05) is 12.1 Å². The summed E-state index contributed by atoms with van der Waals surface area (Å²) >= 11 is 0. The Hall–Kier alpha value is -3.68. The number of hydrogen-bond acceptors (Lipinski definition) is 6. The number of carbonyl (C=O) groups is 1. The lowest BCUT2D eigenvalue weighted by Crippen LogP contribution is -2.18. The molecule has 0 bridgehead atoms. The molecule has 0 saturated heterocycles. The van der Waals surface area contributed by atoms with E-state index in [-0.39, 0.29) is 24.2 Å². The molecule has 1 aliphatic carbocycles. The van der Waals surface area contributed by atoms with Gasteiger partial charge >= 0.3 is 12.6 Å². The van der Waals surface area contributed by atoms with Gasteiger partial charge in [0.1, 0.15) is 0 Å². The summed E-state index contributed by atoms with van der Waals surface area (Å²) in [5, 5.41) is 0. The number of ether oxygens (including phenoxy) is 3. The third kappa shape index (κ3) is 6.47. The quantitative estimate of drug-likeness (QED) is 0.307. The van der Waals surface area contributed by atoms with Crippen molar-refractivity contribution in [2.24, 2.45) is 0 Å². The van der Waals surface area contributed by atoms with Crippen LogP contribution in [0.1, 0.15) is 48.5 Å². The number of esters is 1. The van der Waals surface area contributed by atoms with Crippen molar-refractivity contribution in [3.05, 3.63) is 78.1 Å². The van der Waals surface area contributed by atoms with Crippen molar-refractivity contribution in [2.45, 2.75) is 51.9 Å². The van der Waals surface area contributed by atoms with Crippen molar-refractivity contribution in [2.75, 3.05) is 11.5 Å². The Morgan fingerprint density at radius 3 is 2.57 bits per heavy atom. The van der Waals surface area contributed by atoms with Gasteiger partial charge in [-0.05, 0) is 74.6 Å². The lowest BCUT2D eigenvalue weighted by atomic mass is 10.1. The number of benzene rings is 2. The smallest absolute Gasteiger partial charge is 0.387 e. The van der Waals surface area contributed by atoms with Crippen LogP contribution in [0.2, 0.25) is 0 Å². The van der Waals surface area contributed by atoms with Crippen LogP contribution in [-0.2, 0) is 11.3 Å². The molecule has 8 heteroatoms. The third-order valence-corrected chi connectivity index (χ3v) is 5.78. The molecule has 0 N–H and O–H groups in total. The molecule has 0 unspecified atom stereocenters. The van der Waals surface area contributed by atoms with Crippen LogP contribution >= 0.6 is 0 Å². The molecule has 6 nitrogen and oxygen atoms in total. The monoisotopic (exact) mass is 482 g/mol. The van der Waals surface area contributed by atoms with Crippen molar-refractivity contribution >= 4 is 17.3 Å². The van der Waals surface area contributed by atoms with E-state index in [4.69, 9.17) is 14.2 Å². The van der Waals surface area contributed by atoms with E-state index < -0.39 is 12.6 Å². The van der Waals surface area contributed by atoms with Crippen molar-refractivity contribution in [1.29, 1.82) is 0 Å². The Morgan fingerprint density at radius 2 is 1.86 bits per heavy atom. The second-order valence-corrected chi connectivity index (χ2v) is 8.25. The topological polar surface area (TPSA) is 60.9 Å². The molecule has 0 spiro atoms. The van der Waals surface area contributed by atoms with Crippen molar-refractivity contribution in [3.63, 3.8) is 0 Å². The number of anilines is 2. The fraction of sp³-hybridized carbons (Fsp3) is 0.333. The van der Waals surface area contributed by atoms with Crippen molar-refractivity contribution in [1.82, 2.24) is 4.98 Å². The Balaban J connectivity index is 1.73. The molecule has 4 rings (SSSR count). The maximum Gasteiger partial charge on any atom is 0.387 e. The molecular formula is C27H28F2N2O4. The van der Waals surface area contributed by atoms with Crippen LogP contribution in [0.4, 0.5) is 20.2 Å². The highest BCUT2D eigenvalue weighted by Crippen LogP contribution is 2.38. The van der Waals surface area contributed by atoms with E-state index in [2.05, 4.69) is 4.98 Å². The summed E-state index contributed by atoms with van der Waals surface area (Å²) < 4.78 is 42.1. The third-order valence-electron chi connectivity index (χ3n) is 5.78. The van der Waals surface area contributed by atoms with E-state index >= 15 is 0 Å². The summed E-state index contributed by atoms with van der Waals surface area (Å²) in [6.07, 6.45) is 7.25. The lowest BCUT2D eigenvalue weighted by Gasteiger charge is -2.27. The number of aromatic nitrogens is 1.